The fourth-order valence-electron chi connectivity index (χ4n) is 0.183. The predicted molar refractivity (Wildman–Crippen MR) is 26.5 cm³/mol. The summed E-state index contributed by atoms with van der Waals surface area (Å²) in [6.45, 7) is 4.08. The normalized spacial score (nSPS) is 6.71. The van der Waals surface area contributed by atoms with Gasteiger partial charge in [-0.25, -0.2) is 0 Å². The molecule has 0 rings (SSSR count). The molecule has 0 aliphatic carbocycles. The Morgan fingerprint density at radius 1 is 1.57 bits per heavy atom. The number of aliphatic hydroxyl groups is 1. The number of rotatable bonds is 1. The van der Waals surface area contributed by atoms with Crippen LogP contribution >= 0.6 is 0 Å². The van der Waals surface area contributed by atoms with Gasteiger partial charge in [0.2, 0.25) is 0 Å². The molecule has 0 aliphatic heterocycles. The number of hydrogen-bond acceptors (Lipinski definition) is 1. The summed E-state index contributed by atoms with van der Waals surface area (Å²) in [5.74, 6) is 0. The van der Waals surface area contributed by atoms with Gasteiger partial charge in [0, 0.05) is 44.1 Å². The average Bonchev–Trinajstić information content (AvgIpc) is 1.35. The van der Waals surface area contributed by atoms with Crippen LogP contribution in [0.15, 0.2) is 11.6 Å². The first-order valence-corrected chi connectivity index (χ1v) is 2.01. The zero-order valence-electron chi connectivity index (χ0n) is 4.81. The van der Waals surface area contributed by atoms with E-state index in [2.05, 4.69) is 0 Å². The standard InChI is InChI=1S/C5H10O.Ac/c1-5(2)3-4-6;/h3,6H,4H2,1-2H3;. The van der Waals surface area contributed by atoms with Gasteiger partial charge >= 0.3 is 0 Å². The minimum atomic E-state index is 0. The number of hydrogen-bond donors (Lipinski definition) is 1. The third-order valence-corrected chi connectivity index (χ3v) is 0.500. The summed E-state index contributed by atoms with van der Waals surface area (Å²) >= 11 is 0. The Morgan fingerprint density at radius 2 is 2.00 bits per heavy atom. The predicted octanol–water partition coefficient (Wildman–Crippen LogP) is 0.945. The van der Waals surface area contributed by atoms with Crippen molar-refractivity contribution in [1.82, 2.24) is 0 Å². The molecule has 0 fully saturated rings. The van der Waals surface area contributed by atoms with Gasteiger partial charge < -0.3 is 5.11 Å². The summed E-state index contributed by atoms with van der Waals surface area (Å²) in [4.78, 5) is 0. The van der Waals surface area contributed by atoms with Crippen molar-refractivity contribution >= 4 is 0 Å². The van der Waals surface area contributed by atoms with E-state index in [-0.39, 0.29) is 50.7 Å². The number of allylic oxidation sites excluding steroid dienone is 1. The van der Waals surface area contributed by atoms with Crippen molar-refractivity contribution in [2.24, 2.45) is 0 Å². The van der Waals surface area contributed by atoms with Crippen molar-refractivity contribution in [3.05, 3.63) is 11.6 Å². The second kappa shape index (κ2) is 7.14. The molecule has 0 heterocycles. The second-order valence-corrected chi connectivity index (χ2v) is 1.46. The number of aliphatic hydroxyl groups excluding tert-OH is 1. The van der Waals surface area contributed by atoms with Crippen LogP contribution in [0.3, 0.4) is 0 Å². The molecule has 0 aromatic heterocycles. The summed E-state index contributed by atoms with van der Waals surface area (Å²) in [6, 6.07) is 0. The summed E-state index contributed by atoms with van der Waals surface area (Å²) in [5.41, 5.74) is 1.16. The van der Waals surface area contributed by atoms with Crippen LogP contribution < -0.4 is 0 Å². The quantitative estimate of drug-likeness (QED) is 0.715. The first-order chi connectivity index (χ1) is 2.77. The minimum Gasteiger partial charge on any atom is -0.392 e. The molecule has 0 bridgehead atoms. The molecular formula is C5H10AcO. The average molecular weight is 313 g/mol. The maximum atomic E-state index is 8.16. The van der Waals surface area contributed by atoms with Crippen LogP contribution in [0.5, 0.6) is 0 Å². The van der Waals surface area contributed by atoms with Crippen LogP contribution in [0, 0.1) is 44.1 Å². The van der Waals surface area contributed by atoms with Gasteiger partial charge in [0.25, 0.3) is 0 Å². The monoisotopic (exact) mass is 313 g/mol. The summed E-state index contributed by atoms with van der Waals surface area (Å²) < 4.78 is 0. The molecule has 7 heavy (non-hydrogen) atoms. The van der Waals surface area contributed by atoms with Crippen molar-refractivity contribution in [2.45, 2.75) is 13.8 Å². The fourth-order valence-corrected chi connectivity index (χ4v) is 0.183. The first-order valence-electron chi connectivity index (χ1n) is 2.01. The van der Waals surface area contributed by atoms with Crippen molar-refractivity contribution < 1.29 is 49.2 Å². The summed E-state index contributed by atoms with van der Waals surface area (Å²) in [5, 5.41) is 8.16. The molecule has 1 nitrogen and oxygen atoms in total. The smallest absolute Gasteiger partial charge is 0.0614 e. The van der Waals surface area contributed by atoms with E-state index >= 15 is 0 Å². The molecule has 0 saturated carbocycles. The third kappa shape index (κ3) is 11.0. The molecule has 1 radical (unpaired) electrons. The second-order valence-electron chi connectivity index (χ2n) is 1.46. The van der Waals surface area contributed by atoms with E-state index in [0.29, 0.717) is 0 Å². The van der Waals surface area contributed by atoms with Crippen LogP contribution in [0.4, 0.5) is 0 Å². The van der Waals surface area contributed by atoms with Crippen molar-refractivity contribution in [3.8, 4) is 0 Å². The van der Waals surface area contributed by atoms with Crippen LogP contribution in [0.1, 0.15) is 13.8 Å². The van der Waals surface area contributed by atoms with Crippen LogP contribution in [0.2, 0.25) is 0 Å². The van der Waals surface area contributed by atoms with Crippen molar-refractivity contribution in [2.75, 3.05) is 6.61 Å². The molecule has 0 saturated heterocycles. The van der Waals surface area contributed by atoms with E-state index in [9.17, 15) is 0 Å². The van der Waals surface area contributed by atoms with Gasteiger partial charge in [-0.3, -0.25) is 0 Å². The summed E-state index contributed by atoms with van der Waals surface area (Å²) in [7, 11) is 0. The topological polar surface area (TPSA) is 20.2 Å². The van der Waals surface area contributed by atoms with Gasteiger partial charge in [0.1, 0.15) is 0 Å². The maximum Gasteiger partial charge on any atom is 0.0614 e. The molecule has 0 aromatic rings. The van der Waals surface area contributed by atoms with E-state index < -0.39 is 0 Å². The van der Waals surface area contributed by atoms with Crippen molar-refractivity contribution in [1.29, 1.82) is 0 Å². The van der Waals surface area contributed by atoms with E-state index in [1.807, 2.05) is 13.8 Å². The van der Waals surface area contributed by atoms with E-state index in [0.717, 1.165) is 5.57 Å². The first kappa shape index (κ1) is 11.0. The van der Waals surface area contributed by atoms with Crippen LogP contribution in [0.25, 0.3) is 0 Å². The van der Waals surface area contributed by atoms with E-state index in [1.54, 1.807) is 6.08 Å². The Labute approximate surface area is 80.4 Å². The van der Waals surface area contributed by atoms with E-state index in [4.69, 9.17) is 5.11 Å². The maximum absolute atomic E-state index is 8.16. The van der Waals surface area contributed by atoms with Gasteiger partial charge in [0.05, 0.1) is 6.61 Å². The van der Waals surface area contributed by atoms with Gasteiger partial charge in [0.15, 0.2) is 0 Å². The molecule has 0 amide bonds. The van der Waals surface area contributed by atoms with Crippen LogP contribution in [-0.4, -0.2) is 11.7 Å². The molecule has 1 N–H and O–H groups in total. The third-order valence-electron chi connectivity index (χ3n) is 0.500. The van der Waals surface area contributed by atoms with E-state index in [1.165, 1.54) is 0 Å². The zero-order valence-corrected chi connectivity index (χ0v) is 9.55. The van der Waals surface area contributed by atoms with Crippen molar-refractivity contribution in [3.63, 3.8) is 0 Å². The Hall–Kier alpha value is 1.14. The zero-order chi connectivity index (χ0) is 4.99. The minimum absolute atomic E-state index is 0. The molecule has 0 spiro atoms. The van der Waals surface area contributed by atoms with Crippen LogP contribution in [-0.2, 0) is 0 Å². The molecular weight excluding hydrogens is 303 g/mol. The summed E-state index contributed by atoms with van der Waals surface area (Å²) in [6.07, 6.45) is 1.76. The van der Waals surface area contributed by atoms with Gasteiger partial charge in [-0.05, 0) is 13.8 Å². The SMILES string of the molecule is CC(C)=CCO.[Ac]. The van der Waals surface area contributed by atoms with Gasteiger partial charge in [-0.2, -0.15) is 0 Å². The molecule has 39 valence electrons. The molecule has 0 aromatic carbocycles. The Bertz CT molecular complexity index is 55.1. The largest absolute Gasteiger partial charge is 0.392 e. The molecule has 2 heteroatoms. The molecule has 0 atom stereocenters. The fraction of sp³-hybridized carbons (Fsp3) is 0.600. The Balaban J connectivity index is 0. The Kier molecular flexibility index (Phi) is 11.2. The van der Waals surface area contributed by atoms with Gasteiger partial charge in [-0.1, -0.05) is 11.6 Å². The van der Waals surface area contributed by atoms with Gasteiger partial charge in [-0.15, -0.1) is 0 Å². The molecule has 0 unspecified atom stereocenters. The molecule has 0 aliphatic rings. The Morgan fingerprint density at radius 3 is 2.00 bits per heavy atom.